The zero-order chi connectivity index (χ0) is 13.0. The average Bonchev–Trinajstić information content (AvgIpc) is 2.86. The van der Waals surface area contributed by atoms with Crippen LogP contribution in [0.3, 0.4) is 0 Å². The van der Waals surface area contributed by atoms with Crippen molar-refractivity contribution in [3.05, 3.63) is 16.1 Å². The Labute approximate surface area is 114 Å². The van der Waals surface area contributed by atoms with Gasteiger partial charge in [-0.25, -0.2) is 4.98 Å². The van der Waals surface area contributed by atoms with E-state index in [4.69, 9.17) is 0 Å². The third-order valence-corrected chi connectivity index (χ3v) is 5.14. The number of nitrogens with zero attached hydrogens (tertiary/aromatic N) is 1. The van der Waals surface area contributed by atoms with Crippen LogP contribution in [0.25, 0.3) is 0 Å². The molecule has 1 aromatic rings. The second-order valence-corrected chi connectivity index (χ2v) is 6.55. The number of aromatic nitrogens is 1. The SMILES string of the molecule is CCc1cnc(C(C)NCC2(O)CCCCC2)s1. The van der Waals surface area contributed by atoms with Gasteiger partial charge in [0.05, 0.1) is 11.6 Å². The molecule has 102 valence electrons. The molecule has 1 unspecified atom stereocenters. The second-order valence-electron chi connectivity index (χ2n) is 5.41. The summed E-state index contributed by atoms with van der Waals surface area (Å²) in [6.45, 7) is 4.97. The first-order chi connectivity index (χ1) is 8.63. The van der Waals surface area contributed by atoms with Crippen molar-refractivity contribution in [1.29, 1.82) is 0 Å². The molecule has 18 heavy (non-hydrogen) atoms. The normalized spacial score (nSPS) is 20.8. The zero-order valence-electron chi connectivity index (χ0n) is 11.4. The quantitative estimate of drug-likeness (QED) is 0.862. The summed E-state index contributed by atoms with van der Waals surface area (Å²) in [5.74, 6) is 0. The molecule has 1 aromatic heterocycles. The summed E-state index contributed by atoms with van der Waals surface area (Å²) < 4.78 is 0. The molecule has 0 aromatic carbocycles. The Balaban J connectivity index is 1.85. The minimum atomic E-state index is -0.489. The van der Waals surface area contributed by atoms with Crippen LogP contribution in [0.5, 0.6) is 0 Å². The molecule has 2 N–H and O–H groups in total. The monoisotopic (exact) mass is 268 g/mol. The fourth-order valence-corrected chi connectivity index (χ4v) is 3.39. The highest BCUT2D eigenvalue weighted by atomic mass is 32.1. The fraction of sp³-hybridized carbons (Fsp3) is 0.786. The van der Waals surface area contributed by atoms with Crippen molar-refractivity contribution in [2.45, 2.75) is 64.0 Å². The Morgan fingerprint density at radius 2 is 2.17 bits per heavy atom. The van der Waals surface area contributed by atoms with E-state index in [1.54, 1.807) is 11.3 Å². The maximum absolute atomic E-state index is 10.4. The molecule has 1 saturated carbocycles. The summed E-state index contributed by atoms with van der Waals surface area (Å²) >= 11 is 1.77. The lowest BCUT2D eigenvalue weighted by Gasteiger charge is -2.33. The third-order valence-electron chi connectivity index (χ3n) is 3.81. The molecule has 2 rings (SSSR count). The maximum atomic E-state index is 10.4. The molecule has 1 fully saturated rings. The van der Waals surface area contributed by atoms with Gasteiger partial charge in [0, 0.05) is 17.6 Å². The van der Waals surface area contributed by atoms with Crippen LogP contribution in [0.15, 0.2) is 6.20 Å². The fourth-order valence-electron chi connectivity index (χ4n) is 2.50. The standard InChI is InChI=1S/C14H24N2OS/c1-3-12-9-15-13(18-12)11(2)16-10-14(17)7-5-4-6-8-14/h9,11,16-17H,3-8,10H2,1-2H3. The number of aryl methyl sites for hydroxylation is 1. The van der Waals surface area contributed by atoms with E-state index in [1.807, 2.05) is 6.20 Å². The lowest BCUT2D eigenvalue weighted by Crippen LogP contribution is -2.42. The number of hydrogen-bond acceptors (Lipinski definition) is 4. The largest absolute Gasteiger partial charge is 0.389 e. The van der Waals surface area contributed by atoms with E-state index in [-0.39, 0.29) is 6.04 Å². The van der Waals surface area contributed by atoms with Crippen LogP contribution in [0.2, 0.25) is 0 Å². The molecule has 0 radical (unpaired) electrons. The number of hydrogen-bond donors (Lipinski definition) is 2. The summed E-state index contributed by atoms with van der Waals surface area (Å²) in [4.78, 5) is 5.78. The van der Waals surface area contributed by atoms with E-state index in [0.717, 1.165) is 37.1 Å². The van der Waals surface area contributed by atoms with Crippen LogP contribution in [-0.4, -0.2) is 22.2 Å². The molecular weight excluding hydrogens is 244 g/mol. The van der Waals surface area contributed by atoms with Crippen molar-refractivity contribution in [3.63, 3.8) is 0 Å². The van der Waals surface area contributed by atoms with Gasteiger partial charge in [-0.2, -0.15) is 0 Å². The molecule has 1 heterocycles. The van der Waals surface area contributed by atoms with Crippen LogP contribution in [0.1, 0.15) is 61.9 Å². The number of aliphatic hydroxyl groups is 1. The minimum absolute atomic E-state index is 0.237. The topological polar surface area (TPSA) is 45.2 Å². The van der Waals surface area contributed by atoms with Gasteiger partial charge in [-0.1, -0.05) is 26.2 Å². The van der Waals surface area contributed by atoms with Crippen LogP contribution in [0, 0.1) is 0 Å². The van der Waals surface area contributed by atoms with E-state index in [0.29, 0.717) is 6.54 Å². The van der Waals surface area contributed by atoms with Crippen molar-refractivity contribution in [2.24, 2.45) is 0 Å². The molecule has 3 nitrogen and oxygen atoms in total. The van der Waals surface area contributed by atoms with E-state index in [2.05, 4.69) is 24.1 Å². The lowest BCUT2D eigenvalue weighted by molar-refractivity contribution is 0.00300. The molecular formula is C14H24N2OS. The van der Waals surface area contributed by atoms with Gasteiger partial charge in [0.25, 0.3) is 0 Å². The van der Waals surface area contributed by atoms with Crippen molar-refractivity contribution >= 4 is 11.3 Å². The highest BCUT2D eigenvalue weighted by Gasteiger charge is 2.29. The van der Waals surface area contributed by atoms with Crippen molar-refractivity contribution in [3.8, 4) is 0 Å². The van der Waals surface area contributed by atoms with Gasteiger partial charge in [0.2, 0.25) is 0 Å². The highest BCUT2D eigenvalue weighted by Crippen LogP contribution is 2.28. The van der Waals surface area contributed by atoms with Crippen LogP contribution in [-0.2, 0) is 6.42 Å². The van der Waals surface area contributed by atoms with Crippen LogP contribution in [0.4, 0.5) is 0 Å². The molecule has 4 heteroatoms. The van der Waals surface area contributed by atoms with Gasteiger partial charge in [0.1, 0.15) is 5.01 Å². The maximum Gasteiger partial charge on any atom is 0.109 e. The lowest BCUT2D eigenvalue weighted by atomic mass is 9.85. The first-order valence-corrected chi connectivity index (χ1v) is 7.85. The van der Waals surface area contributed by atoms with E-state index < -0.39 is 5.60 Å². The number of rotatable bonds is 5. The van der Waals surface area contributed by atoms with E-state index in [9.17, 15) is 5.11 Å². The summed E-state index contributed by atoms with van der Waals surface area (Å²) in [5, 5.41) is 15.0. The first kappa shape index (κ1) is 14.0. The third kappa shape index (κ3) is 3.53. The van der Waals surface area contributed by atoms with Crippen LogP contribution < -0.4 is 5.32 Å². The molecule has 0 spiro atoms. The molecule has 0 bridgehead atoms. The Bertz CT molecular complexity index is 372. The highest BCUT2D eigenvalue weighted by molar-refractivity contribution is 7.11. The van der Waals surface area contributed by atoms with Gasteiger partial charge in [-0.3, -0.25) is 0 Å². The average molecular weight is 268 g/mol. The summed E-state index contributed by atoms with van der Waals surface area (Å²) in [6, 6.07) is 0.237. The molecule has 0 aliphatic heterocycles. The Morgan fingerprint density at radius 1 is 1.44 bits per heavy atom. The summed E-state index contributed by atoms with van der Waals surface area (Å²) in [6.07, 6.45) is 8.47. The molecule has 1 aliphatic rings. The Morgan fingerprint density at radius 3 is 2.78 bits per heavy atom. The van der Waals surface area contributed by atoms with E-state index in [1.165, 1.54) is 11.3 Å². The summed E-state index contributed by atoms with van der Waals surface area (Å²) in [7, 11) is 0. The predicted octanol–water partition coefficient (Wildman–Crippen LogP) is 3.05. The molecule has 1 aliphatic carbocycles. The Hall–Kier alpha value is -0.450. The second kappa shape index (κ2) is 6.13. The number of thiazole rings is 1. The minimum Gasteiger partial charge on any atom is -0.389 e. The van der Waals surface area contributed by atoms with Crippen LogP contribution >= 0.6 is 11.3 Å². The van der Waals surface area contributed by atoms with E-state index >= 15 is 0 Å². The predicted molar refractivity (Wildman–Crippen MR) is 75.9 cm³/mol. The van der Waals surface area contributed by atoms with Crippen molar-refractivity contribution < 1.29 is 5.11 Å². The first-order valence-electron chi connectivity index (χ1n) is 7.03. The van der Waals surface area contributed by atoms with Gasteiger partial charge < -0.3 is 10.4 Å². The Kier molecular flexibility index (Phi) is 4.76. The van der Waals surface area contributed by atoms with Gasteiger partial charge >= 0.3 is 0 Å². The van der Waals surface area contributed by atoms with Gasteiger partial charge in [-0.15, -0.1) is 11.3 Å². The zero-order valence-corrected chi connectivity index (χ0v) is 12.2. The van der Waals surface area contributed by atoms with Gasteiger partial charge in [-0.05, 0) is 26.2 Å². The molecule has 1 atom stereocenters. The number of nitrogens with one attached hydrogen (secondary N) is 1. The molecule has 0 amide bonds. The summed E-state index contributed by atoms with van der Waals surface area (Å²) in [5.41, 5.74) is -0.489. The smallest absolute Gasteiger partial charge is 0.109 e. The van der Waals surface area contributed by atoms with Crippen molar-refractivity contribution in [1.82, 2.24) is 10.3 Å². The van der Waals surface area contributed by atoms with Crippen molar-refractivity contribution in [2.75, 3.05) is 6.54 Å². The van der Waals surface area contributed by atoms with Gasteiger partial charge in [0.15, 0.2) is 0 Å². The molecule has 0 saturated heterocycles.